The van der Waals surface area contributed by atoms with Crippen LogP contribution in [0.1, 0.15) is 30.5 Å². The van der Waals surface area contributed by atoms with Crippen molar-refractivity contribution in [1.29, 1.82) is 0 Å². The van der Waals surface area contributed by atoms with Gasteiger partial charge in [-0.05, 0) is 38.0 Å². The minimum absolute atomic E-state index is 0.216. The van der Waals surface area contributed by atoms with Crippen LogP contribution in [0.25, 0.3) is 0 Å². The smallest absolute Gasteiger partial charge is 0.166 e. The molecule has 0 aliphatic carbocycles. The summed E-state index contributed by atoms with van der Waals surface area (Å²) in [5.41, 5.74) is 2.51. The number of nitrogens with one attached hydrogen (secondary N) is 2. The summed E-state index contributed by atoms with van der Waals surface area (Å²) in [7, 11) is 1.70. The van der Waals surface area contributed by atoms with Crippen LogP contribution in [0, 0.1) is 6.92 Å². The summed E-state index contributed by atoms with van der Waals surface area (Å²) in [5.74, 6) is 0. The van der Waals surface area contributed by atoms with E-state index in [9.17, 15) is 0 Å². The Kier molecular flexibility index (Phi) is 6.68. The predicted molar refractivity (Wildman–Crippen MR) is 79.8 cm³/mol. The molecule has 1 unspecified atom stereocenters. The van der Waals surface area contributed by atoms with Gasteiger partial charge in [-0.15, -0.1) is 0 Å². The van der Waals surface area contributed by atoms with Gasteiger partial charge in [-0.25, -0.2) is 0 Å². The third-order valence-electron chi connectivity index (χ3n) is 2.74. The van der Waals surface area contributed by atoms with Crippen molar-refractivity contribution in [1.82, 2.24) is 10.6 Å². The largest absolute Gasteiger partial charge is 0.385 e. The molecule has 0 saturated carbocycles. The zero-order chi connectivity index (χ0) is 13.4. The van der Waals surface area contributed by atoms with Gasteiger partial charge in [-0.3, -0.25) is 0 Å². The molecular formula is C14H22N2OS. The van der Waals surface area contributed by atoms with Gasteiger partial charge in [0.25, 0.3) is 0 Å². The highest BCUT2D eigenvalue weighted by atomic mass is 32.1. The van der Waals surface area contributed by atoms with Gasteiger partial charge in [0.1, 0.15) is 0 Å². The van der Waals surface area contributed by atoms with Gasteiger partial charge in [-0.1, -0.05) is 29.8 Å². The van der Waals surface area contributed by atoms with Crippen LogP contribution in [0.3, 0.4) is 0 Å². The fraction of sp³-hybridized carbons (Fsp3) is 0.500. The van der Waals surface area contributed by atoms with E-state index in [0.29, 0.717) is 5.11 Å². The molecule has 1 aromatic rings. The summed E-state index contributed by atoms with van der Waals surface area (Å²) in [4.78, 5) is 0. The van der Waals surface area contributed by atoms with Crippen molar-refractivity contribution in [2.45, 2.75) is 26.3 Å². The number of aryl methyl sites for hydroxylation is 1. The second-order valence-corrected chi connectivity index (χ2v) is 4.79. The van der Waals surface area contributed by atoms with Crippen LogP contribution in [0.5, 0.6) is 0 Å². The fourth-order valence-electron chi connectivity index (χ4n) is 1.60. The summed E-state index contributed by atoms with van der Waals surface area (Å²) in [6.07, 6.45) is 0.956. The van der Waals surface area contributed by atoms with Crippen molar-refractivity contribution in [3.63, 3.8) is 0 Å². The quantitative estimate of drug-likeness (QED) is 0.612. The highest BCUT2D eigenvalue weighted by Gasteiger charge is 2.05. The van der Waals surface area contributed by atoms with Gasteiger partial charge >= 0.3 is 0 Å². The first-order chi connectivity index (χ1) is 8.63. The molecule has 0 aliphatic rings. The van der Waals surface area contributed by atoms with Crippen molar-refractivity contribution in [2.75, 3.05) is 20.3 Å². The van der Waals surface area contributed by atoms with E-state index in [1.165, 1.54) is 11.1 Å². The average Bonchev–Trinajstić information content (AvgIpc) is 2.35. The SMILES string of the molecule is COCCCNC(=S)NC(C)c1ccc(C)cc1. The van der Waals surface area contributed by atoms with Crippen molar-refractivity contribution in [3.05, 3.63) is 35.4 Å². The summed E-state index contributed by atoms with van der Waals surface area (Å²) in [6, 6.07) is 8.69. The van der Waals surface area contributed by atoms with E-state index in [1.807, 2.05) is 0 Å². The second kappa shape index (κ2) is 8.06. The Balaban J connectivity index is 2.33. The fourth-order valence-corrected chi connectivity index (χ4v) is 1.88. The summed E-state index contributed by atoms with van der Waals surface area (Å²) < 4.78 is 4.98. The van der Waals surface area contributed by atoms with Crippen LogP contribution >= 0.6 is 12.2 Å². The third-order valence-corrected chi connectivity index (χ3v) is 3.00. The Labute approximate surface area is 115 Å². The molecule has 100 valence electrons. The Morgan fingerprint density at radius 3 is 2.61 bits per heavy atom. The molecule has 4 heteroatoms. The first kappa shape index (κ1) is 14.9. The van der Waals surface area contributed by atoms with E-state index in [2.05, 4.69) is 48.7 Å². The summed E-state index contributed by atoms with van der Waals surface area (Å²) >= 11 is 5.24. The van der Waals surface area contributed by atoms with Gasteiger partial charge in [0.2, 0.25) is 0 Å². The maximum atomic E-state index is 5.24. The Bertz CT molecular complexity index is 365. The highest BCUT2D eigenvalue weighted by molar-refractivity contribution is 7.80. The standard InChI is InChI=1S/C14H22N2OS/c1-11-5-7-13(8-6-11)12(2)16-14(18)15-9-4-10-17-3/h5-8,12H,4,9-10H2,1-3H3,(H2,15,16,18). The van der Waals surface area contributed by atoms with E-state index in [-0.39, 0.29) is 6.04 Å². The maximum absolute atomic E-state index is 5.24. The van der Waals surface area contributed by atoms with E-state index in [4.69, 9.17) is 17.0 Å². The van der Waals surface area contributed by atoms with Crippen molar-refractivity contribution in [3.8, 4) is 0 Å². The minimum atomic E-state index is 0.216. The topological polar surface area (TPSA) is 33.3 Å². The van der Waals surface area contributed by atoms with Gasteiger partial charge in [-0.2, -0.15) is 0 Å². The molecule has 0 bridgehead atoms. The molecule has 0 spiro atoms. The highest BCUT2D eigenvalue weighted by Crippen LogP contribution is 2.12. The molecule has 0 aliphatic heterocycles. The second-order valence-electron chi connectivity index (χ2n) is 4.38. The number of benzene rings is 1. The van der Waals surface area contributed by atoms with E-state index >= 15 is 0 Å². The number of hydrogen-bond donors (Lipinski definition) is 2. The average molecular weight is 266 g/mol. The molecule has 18 heavy (non-hydrogen) atoms. The number of thiocarbonyl (C=S) groups is 1. The molecule has 3 nitrogen and oxygen atoms in total. The predicted octanol–water partition coefficient (Wildman–Crippen LogP) is 2.56. The van der Waals surface area contributed by atoms with Crippen molar-refractivity contribution < 1.29 is 4.74 Å². The number of ether oxygens (including phenoxy) is 1. The number of rotatable bonds is 6. The zero-order valence-corrected chi connectivity index (χ0v) is 12.1. The molecule has 0 saturated heterocycles. The van der Waals surface area contributed by atoms with Crippen LogP contribution in [-0.2, 0) is 4.74 Å². The molecular weight excluding hydrogens is 244 g/mol. The van der Waals surface area contributed by atoms with Crippen LogP contribution in [0.4, 0.5) is 0 Å². The molecule has 0 radical (unpaired) electrons. The van der Waals surface area contributed by atoms with Crippen molar-refractivity contribution >= 4 is 17.3 Å². The molecule has 1 aromatic carbocycles. The van der Waals surface area contributed by atoms with Gasteiger partial charge in [0.05, 0.1) is 6.04 Å². The third kappa shape index (κ3) is 5.47. The normalized spacial score (nSPS) is 11.9. The van der Waals surface area contributed by atoms with Gasteiger partial charge in [0.15, 0.2) is 5.11 Å². The summed E-state index contributed by atoms with van der Waals surface area (Å²) in [5, 5.41) is 7.14. The van der Waals surface area contributed by atoms with Crippen LogP contribution in [0.15, 0.2) is 24.3 Å². The van der Waals surface area contributed by atoms with Crippen LogP contribution in [0.2, 0.25) is 0 Å². The minimum Gasteiger partial charge on any atom is -0.385 e. The summed E-state index contributed by atoms with van der Waals surface area (Å²) in [6.45, 7) is 5.78. The molecule has 0 aromatic heterocycles. The molecule has 0 fully saturated rings. The van der Waals surface area contributed by atoms with E-state index in [1.54, 1.807) is 7.11 Å². The zero-order valence-electron chi connectivity index (χ0n) is 11.3. The molecule has 2 N–H and O–H groups in total. The first-order valence-electron chi connectivity index (χ1n) is 6.23. The van der Waals surface area contributed by atoms with Crippen molar-refractivity contribution in [2.24, 2.45) is 0 Å². The molecule has 0 heterocycles. The molecule has 0 amide bonds. The molecule has 1 rings (SSSR count). The Morgan fingerprint density at radius 2 is 2.00 bits per heavy atom. The Morgan fingerprint density at radius 1 is 1.33 bits per heavy atom. The van der Waals surface area contributed by atoms with Gasteiger partial charge in [0, 0.05) is 20.3 Å². The lowest BCUT2D eigenvalue weighted by Crippen LogP contribution is -2.37. The lowest BCUT2D eigenvalue weighted by molar-refractivity contribution is 0.195. The Hall–Kier alpha value is -1.13. The van der Waals surface area contributed by atoms with Crippen LogP contribution in [-0.4, -0.2) is 25.4 Å². The van der Waals surface area contributed by atoms with Gasteiger partial charge < -0.3 is 15.4 Å². The lowest BCUT2D eigenvalue weighted by atomic mass is 10.1. The molecule has 1 atom stereocenters. The number of methoxy groups -OCH3 is 1. The van der Waals surface area contributed by atoms with Crippen LogP contribution < -0.4 is 10.6 Å². The first-order valence-corrected chi connectivity index (χ1v) is 6.64. The lowest BCUT2D eigenvalue weighted by Gasteiger charge is -2.17. The number of hydrogen-bond acceptors (Lipinski definition) is 2. The van der Waals surface area contributed by atoms with E-state index in [0.717, 1.165) is 19.6 Å². The van der Waals surface area contributed by atoms with E-state index < -0.39 is 0 Å². The monoisotopic (exact) mass is 266 g/mol. The maximum Gasteiger partial charge on any atom is 0.166 e.